The highest BCUT2D eigenvalue weighted by Gasteiger charge is 2.15. The van der Waals surface area contributed by atoms with Crippen LogP contribution in [0.3, 0.4) is 0 Å². The summed E-state index contributed by atoms with van der Waals surface area (Å²) in [5.41, 5.74) is 0.875. The Hall–Kier alpha value is -1.46. The first-order valence-electron chi connectivity index (χ1n) is 6.79. The van der Waals surface area contributed by atoms with Crippen molar-refractivity contribution in [3.8, 4) is 5.69 Å². The Morgan fingerprint density at radius 3 is 2.38 bits per heavy atom. The number of hydrogen-bond acceptors (Lipinski definition) is 2. The zero-order valence-electron chi connectivity index (χ0n) is 12.3. The van der Waals surface area contributed by atoms with Crippen LogP contribution < -0.4 is 5.32 Å². The van der Waals surface area contributed by atoms with Gasteiger partial charge in [-0.05, 0) is 37.1 Å². The molecule has 2 rings (SSSR count). The van der Waals surface area contributed by atoms with Crippen molar-refractivity contribution in [3.63, 3.8) is 0 Å². The molecule has 0 radical (unpaired) electrons. The van der Waals surface area contributed by atoms with E-state index < -0.39 is 11.6 Å². The second-order valence-corrected chi connectivity index (χ2v) is 5.85. The molecule has 1 N–H and O–H groups in total. The molecule has 0 aliphatic heterocycles. The maximum atomic E-state index is 14.2. The Morgan fingerprint density at radius 1 is 1.29 bits per heavy atom. The van der Waals surface area contributed by atoms with Gasteiger partial charge < -0.3 is 5.32 Å². The summed E-state index contributed by atoms with van der Waals surface area (Å²) in [5.74, 6) is -0.834. The fourth-order valence-corrected chi connectivity index (χ4v) is 2.13. The molecule has 1 aromatic carbocycles. The lowest BCUT2D eigenvalue weighted by molar-refractivity contribution is 0.537. The molecule has 21 heavy (non-hydrogen) atoms. The van der Waals surface area contributed by atoms with E-state index in [9.17, 15) is 8.78 Å². The van der Waals surface area contributed by atoms with Crippen LogP contribution in [0.15, 0.2) is 18.3 Å². The molecule has 1 aromatic heterocycles. The number of halogens is 3. The van der Waals surface area contributed by atoms with Crippen LogP contribution in [0.25, 0.3) is 5.69 Å². The SMILES string of the molecule is Cc1nn(-c2c(F)cc(CNCC(C)C)cc2F)cc1Cl. The molecule has 3 nitrogen and oxygen atoms in total. The molecule has 2 aromatic rings. The molecule has 0 aliphatic rings. The van der Waals surface area contributed by atoms with E-state index in [1.807, 2.05) is 0 Å². The number of nitrogens with zero attached hydrogens (tertiary/aromatic N) is 2. The van der Waals surface area contributed by atoms with Crippen LogP contribution in [-0.2, 0) is 6.54 Å². The number of benzene rings is 1. The standard InChI is InChI=1S/C15H18ClF2N3/c1-9(2)6-19-7-11-4-13(17)15(14(18)5-11)21-8-12(16)10(3)20-21/h4-5,8-9,19H,6-7H2,1-3H3. The fraction of sp³-hybridized carbons (Fsp3) is 0.400. The molecule has 0 bridgehead atoms. The van der Waals surface area contributed by atoms with Crippen LogP contribution in [-0.4, -0.2) is 16.3 Å². The maximum Gasteiger partial charge on any atom is 0.152 e. The quantitative estimate of drug-likeness (QED) is 0.908. The number of hydrogen-bond donors (Lipinski definition) is 1. The molecule has 0 atom stereocenters. The van der Waals surface area contributed by atoms with Gasteiger partial charge in [-0.3, -0.25) is 0 Å². The fourth-order valence-electron chi connectivity index (χ4n) is 2.00. The first-order valence-corrected chi connectivity index (χ1v) is 7.17. The maximum absolute atomic E-state index is 14.2. The molecule has 1 heterocycles. The lowest BCUT2D eigenvalue weighted by Gasteiger charge is -2.10. The lowest BCUT2D eigenvalue weighted by Crippen LogP contribution is -2.19. The molecule has 6 heteroatoms. The van der Waals surface area contributed by atoms with Gasteiger partial charge in [-0.15, -0.1) is 0 Å². The second kappa shape index (κ2) is 6.54. The molecule has 0 saturated heterocycles. The van der Waals surface area contributed by atoms with Gasteiger partial charge in [0.15, 0.2) is 11.6 Å². The Labute approximate surface area is 127 Å². The predicted molar refractivity (Wildman–Crippen MR) is 79.8 cm³/mol. The van der Waals surface area contributed by atoms with Gasteiger partial charge in [-0.25, -0.2) is 13.5 Å². The molecular formula is C15H18ClF2N3. The summed E-state index contributed by atoms with van der Waals surface area (Å²) in [6.07, 6.45) is 1.40. The van der Waals surface area contributed by atoms with Gasteiger partial charge in [0.1, 0.15) is 5.69 Å². The van der Waals surface area contributed by atoms with Crippen LogP contribution >= 0.6 is 11.6 Å². The third-order valence-corrected chi connectivity index (χ3v) is 3.40. The van der Waals surface area contributed by atoms with Crippen molar-refractivity contribution in [2.75, 3.05) is 6.54 Å². The Balaban J connectivity index is 2.25. The van der Waals surface area contributed by atoms with Crippen LogP contribution in [0, 0.1) is 24.5 Å². The average Bonchev–Trinajstić information content (AvgIpc) is 2.67. The molecule has 0 spiro atoms. The Bertz CT molecular complexity index is 595. The van der Waals surface area contributed by atoms with Crippen LogP contribution in [0.1, 0.15) is 25.1 Å². The van der Waals surface area contributed by atoms with Crippen LogP contribution in [0.5, 0.6) is 0 Å². The zero-order valence-corrected chi connectivity index (χ0v) is 13.0. The van der Waals surface area contributed by atoms with Crippen LogP contribution in [0.2, 0.25) is 5.02 Å². The van der Waals surface area contributed by atoms with Gasteiger partial charge >= 0.3 is 0 Å². The van der Waals surface area contributed by atoms with Crippen molar-refractivity contribution in [3.05, 3.63) is 46.2 Å². The topological polar surface area (TPSA) is 29.9 Å². The van der Waals surface area contributed by atoms with E-state index in [4.69, 9.17) is 11.6 Å². The first kappa shape index (κ1) is 15.9. The summed E-state index contributed by atoms with van der Waals surface area (Å²) in [4.78, 5) is 0. The molecule has 0 aliphatic carbocycles. The lowest BCUT2D eigenvalue weighted by atomic mass is 10.1. The van der Waals surface area contributed by atoms with Crippen molar-refractivity contribution < 1.29 is 8.78 Å². The van der Waals surface area contributed by atoms with E-state index in [1.54, 1.807) is 6.92 Å². The molecular weight excluding hydrogens is 296 g/mol. The third kappa shape index (κ3) is 3.80. The zero-order chi connectivity index (χ0) is 15.6. The summed E-state index contributed by atoms with van der Waals surface area (Å²) in [7, 11) is 0. The summed E-state index contributed by atoms with van der Waals surface area (Å²) >= 11 is 5.88. The second-order valence-electron chi connectivity index (χ2n) is 5.44. The highest BCUT2D eigenvalue weighted by Crippen LogP contribution is 2.22. The number of rotatable bonds is 5. The van der Waals surface area contributed by atoms with Crippen molar-refractivity contribution in [1.29, 1.82) is 0 Å². The molecule has 0 saturated carbocycles. The van der Waals surface area contributed by atoms with Crippen molar-refractivity contribution in [2.24, 2.45) is 5.92 Å². The molecule has 0 amide bonds. The highest BCUT2D eigenvalue weighted by molar-refractivity contribution is 6.31. The third-order valence-electron chi connectivity index (χ3n) is 3.03. The Morgan fingerprint density at radius 2 is 1.90 bits per heavy atom. The first-order chi connectivity index (χ1) is 9.88. The smallest absolute Gasteiger partial charge is 0.152 e. The summed E-state index contributed by atoms with van der Waals surface area (Å²) in [6.45, 7) is 7.03. The number of aromatic nitrogens is 2. The predicted octanol–water partition coefficient (Wildman–Crippen LogP) is 3.86. The van der Waals surface area contributed by atoms with Gasteiger partial charge in [-0.1, -0.05) is 25.4 Å². The minimum Gasteiger partial charge on any atom is -0.312 e. The number of aryl methyl sites for hydroxylation is 1. The summed E-state index contributed by atoms with van der Waals surface area (Å²) in [5, 5.41) is 7.53. The van der Waals surface area contributed by atoms with Gasteiger partial charge in [0, 0.05) is 12.7 Å². The van der Waals surface area contributed by atoms with Gasteiger partial charge in [0.2, 0.25) is 0 Å². The van der Waals surface area contributed by atoms with Crippen molar-refractivity contribution in [2.45, 2.75) is 27.3 Å². The van der Waals surface area contributed by atoms with Gasteiger partial charge in [-0.2, -0.15) is 5.10 Å². The Kier molecular flexibility index (Phi) is 4.96. The minimum absolute atomic E-state index is 0.211. The highest BCUT2D eigenvalue weighted by atomic mass is 35.5. The molecule has 114 valence electrons. The minimum atomic E-state index is -0.657. The van der Waals surface area contributed by atoms with E-state index >= 15 is 0 Å². The monoisotopic (exact) mass is 313 g/mol. The van der Waals surface area contributed by atoms with Gasteiger partial charge in [0.25, 0.3) is 0 Å². The van der Waals surface area contributed by atoms with Crippen molar-refractivity contribution >= 4 is 11.6 Å². The average molecular weight is 314 g/mol. The molecule has 0 unspecified atom stereocenters. The normalized spacial score (nSPS) is 11.4. The van der Waals surface area contributed by atoms with E-state index in [1.165, 1.54) is 18.3 Å². The molecule has 0 fully saturated rings. The van der Waals surface area contributed by atoms with E-state index in [0.29, 0.717) is 28.7 Å². The largest absolute Gasteiger partial charge is 0.312 e. The van der Waals surface area contributed by atoms with E-state index in [0.717, 1.165) is 11.2 Å². The number of nitrogens with one attached hydrogen (secondary N) is 1. The van der Waals surface area contributed by atoms with Crippen LogP contribution in [0.4, 0.5) is 8.78 Å². The summed E-state index contributed by atoms with van der Waals surface area (Å²) < 4.78 is 29.4. The van der Waals surface area contributed by atoms with E-state index in [-0.39, 0.29) is 5.69 Å². The van der Waals surface area contributed by atoms with Crippen molar-refractivity contribution in [1.82, 2.24) is 15.1 Å². The van der Waals surface area contributed by atoms with Gasteiger partial charge in [0.05, 0.1) is 10.7 Å². The summed E-state index contributed by atoms with van der Waals surface area (Å²) in [6, 6.07) is 2.63. The van der Waals surface area contributed by atoms with E-state index in [2.05, 4.69) is 24.3 Å².